The van der Waals surface area contributed by atoms with Crippen LogP contribution < -0.4 is 0 Å². The van der Waals surface area contributed by atoms with Gasteiger partial charge < -0.3 is 15.1 Å². The Labute approximate surface area is 198 Å². The number of rotatable bonds is 8. The monoisotopic (exact) mass is 483 g/mol. The van der Waals surface area contributed by atoms with E-state index in [2.05, 4.69) is 6.58 Å². The number of halogens is 1. The summed E-state index contributed by atoms with van der Waals surface area (Å²) in [4.78, 5) is 27.3. The third-order valence-corrected chi connectivity index (χ3v) is 7.85. The van der Waals surface area contributed by atoms with Gasteiger partial charge in [-0.3, -0.25) is 14.3 Å². The van der Waals surface area contributed by atoms with Crippen molar-refractivity contribution in [2.75, 3.05) is 0 Å². The first kappa shape index (κ1) is 25.5. The van der Waals surface area contributed by atoms with E-state index in [1.54, 1.807) is 13.8 Å². The van der Waals surface area contributed by atoms with Gasteiger partial charge in [0.2, 0.25) is 8.03 Å². The zero-order chi connectivity index (χ0) is 25.3. The summed E-state index contributed by atoms with van der Waals surface area (Å²) in [6.07, 6.45) is 1.10. The van der Waals surface area contributed by atoms with Crippen molar-refractivity contribution in [1.29, 1.82) is 0 Å². The number of aliphatic hydroxyl groups is 1. The molecule has 3 aromatic rings. The van der Waals surface area contributed by atoms with Crippen LogP contribution in [0.5, 0.6) is 0 Å². The van der Waals surface area contributed by atoms with Crippen molar-refractivity contribution in [1.82, 2.24) is 4.98 Å². The van der Waals surface area contributed by atoms with Gasteiger partial charge >= 0.3 is 5.97 Å². The number of carboxylic acids is 1. The van der Waals surface area contributed by atoms with Gasteiger partial charge in [-0.2, -0.15) is 0 Å². The maximum atomic E-state index is 13.8. The molecule has 0 bridgehead atoms. The van der Waals surface area contributed by atoms with Gasteiger partial charge in [-0.1, -0.05) is 55.5 Å². The van der Waals surface area contributed by atoms with Crippen LogP contribution in [0.15, 0.2) is 67.3 Å². The number of nitrogens with zero attached hydrogens (tertiary/aromatic N) is 1. The lowest BCUT2D eigenvalue weighted by atomic mass is 9.75. The highest BCUT2D eigenvalue weighted by atomic mass is 31.1. The Hall–Kier alpha value is -3.12. The SMILES string of the molecule is C=CC(C(=O)O)([PH](=O)O)C(C)(O)c1c(CC)nc(-c2ccccc2)c(C)c1-c1ccc(F)cc1. The zero-order valence-corrected chi connectivity index (χ0v) is 20.2. The molecule has 3 rings (SSSR count). The molecule has 0 spiro atoms. The standard InChI is InChI=1S/C26H27FNO5P/c1-5-20-22(25(4,31)26(6-2,24(29)30)34(32)33)21(17-12-14-19(27)15-13-17)16(3)23(28-20)18-10-8-7-9-11-18/h6-15,31,34H,2,5H2,1,3-4H3,(H,29,30)(H,32,33). The van der Waals surface area contributed by atoms with E-state index in [1.165, 1.54) is 31.2 Å². The molecule has 1 heterocycles. The normalized spacial score (nSPS) is 15.7. The van der Waals surface area contributed by atoms with Crippen LogP contribution in [0.2, 0.25) is 0 Å². The van der Waals surface area contributed by atoms with Gasteiger partial charge in [0, 0.05) is 16.8 Å². The third-order valence-electron chi connectivity index (χ3n) is 6.27. The van der Waals surface area contributed by atoms with Crippen LogP contribution in [0.25, 0.3) is 22.4 Å². The van der Waals surface area contributed by atoms with Crippen LogP contribution in [0.4, 0.5) is 4.39 Å². The summed E-state index contributed by atoms with van der Waals surface area (Å²) < 4.78 is 26.2. The van der Waals surface area contributed by atoms with Crippen LogP contribution in [0.1, 0.15) is 30.7 Å². The Morgan fingerprint density at radius 3 is 2.21 bits per heavy atom. The van der Waals surface area contributed by atoms with Gasteiger partial charge in [0.15, 0.2) is 5.16 Å². The summed E-state index contributed by atoms with van der Waals surface area (Å²) in [6, 6.07) is 14.9. The molecular weight excluding hydrogens is 456 g/mol. The lowest BCUT2D eigenvalue weighted by Gasteiger charge is -2.40. The third kappa shape index (κ3) is 4.00. The molecular formula is C26H27FNO5P. The van der Waals surface area contributed by atoms with Gasteiger partial charge in [0.25, 0.3) is 0 Å². The summed E-state index contributed by atoms with van der Waals surface area (Å²) in [5, 5.41) is 19.3. The highest BCUT2D eigenvalue weighted by Crippen LogP contribution is 2.53. The van der Waals surface area contributed by atoms with Gasteiger partial charge in [-0.25, -0.2) is 4.39 Å². The fourth-order valence-corrected chi connectivity index (χ4v) is 5.34. The molecule has 0 amide bonds. The van der Waals surface area contributed by atoms with Crippen LogP contribution in [0, 0.1) is 12.7 Å². The number of benzene rings is 2. The molecule has 0 fully saturated rings. The van der Waals surface area contributed by atoms with Crippen LogP contribution in [-0.2, 0) is 21.4 Å². The number of hydrogen-bond donors (Lipinski definition) is 3. The lowest BCUT2D eigenvalue weighted by molar-refractivity contribution is -0.145. The number of carboxylic acid groups (broad SMARTS) is 1. The number of carbonyl (C=O) groups is 1. The van der Waals surface area contributed by atoms with E-state index in [0.29, 0.717) is 34.5 Å². The van der Waals surface area contributed by atoms with Gasteiger partial charge in [0.05, 0.1) is 5.69 Å². The number of aromatic nitrogens is 1. The van der Waals surface area contributed by atoms with Crippen LogP contribution in [-0.4, -0.2) is 31.2 Å². The quantitative estimate of drug-likeness (QED) is 0.304. The van der Waals surface area contributed by atoms with Crippen molar-refractivity contribution in [2.24, 2.45) is 0 Å². The summed E-state index contributed by atoms with van der Waals surface area (Å²) in [5.41, 5.74) is 0.994. The predicted octanol–water partition coefficient (Wildman–Crippen LogP) is 5.11. The molecule has 34 heavy (non-hydrogen) atoms. The minimum Gasteiger partial charge on any atom is -0.480 e. The predicted molar refractivity (Wildman–Crippen MR) is 131 cm³/mol. The second-order valence-corrected chi connectivity index (χ2v) is 9.60. The minimum absolute atomic E-state index is 0.0912. The molecule has 0 saturated heterocycles. The van der Waals surface area contributed by atoms with E-state index in [9.17, 15) is 28.9 Å². The molecule has 3 N–H and O–H groups in total. The average Bonchev–Trinajstić information content (AvgIpc) is 2.80. The molecule has 2 aromatic carbocycles. The van der Waals surface area contributed by atoms with Gasteiger partial charge in [-0.15, -0.1) is 6.58 Å². The number of aliphatic carboxylic acids is 1. The van der Waals surface area contributed by atoms with Gasteiger partial charge in [-0.05, 0) is 49.1 Å². The van der Waals surface area contributed by atoms with Crippen molar-refractivity contribution < 1.29 is 28.9 Å². The first-order valence-corrected chi connectivity index (χ1v) is 12.1. The highest BCUT2D eigenvalue weighted by molar-refractivity contribution is 7.42. The molecule has 6 nitrogen and oxygen atoms in total. The minimum atomic E-state index is -3.90. The van der Waals surface area contributed by atoms with E-state index in [-0.39, 0.29) is 5.56 Å². The summed E-state index contributed by atoms with van der Waals surface area (Å²) in [6.45, 7) is 8.23. The molecule has 0 radical (unpaired) electrons. The number of aryl methyl sites for hydroxylation is 1. The molecule has 0 aliphatic heterocycles. The molecule has 1 aromatic heterocycles. The van der Waals surface area contributed by atoms with Crippen LogP contribution in [0.3, 0.4) is 0 Å². The maximum Gasteiger partial charge on any atom is 0.326 e. The Bertz CT molecular complexity index is 1240. The zero-order valence-electron chi connectivity index (χ0n) is 19.2. The van der Waals surface area contributed by atoms with Crippen LogP contribution >= 0.6 is 8.03 Å². The average molecular weight is 483 g/mol. The van der Waals surface area contributed by atoms with E-state index in [0.717, 1.165) is 11.6 Å². The lowest BCUT2D eigenvalue weighted by Crippen LogP contribution is -2.52. The summed E-state index contributed by atoms with van der Waals surface area (Å²) in [5.74, 6) is -2.15. The van der Waals surface area contributed by atoms with Crippen molar-refractivity contribution in [3.8, 4) is 22.4 Å². The Morgan fingerprint density at radius 2 is 1.74 bits per heavy atom. The molecule has 8 heteroatoms. The molecule has 0 aliphatic carbocycles. The molecule has 178 valence electrons. The van der Waals surface area contributed by atoms with E-state index >= 15 is 0 Å². The van der Waals surface area contributed by atoms with Crippen molar-refractivity contribution in [3.63, 3.8) is 0 Å². The Balaban J connectivity index is 2.53. The first-order chi connectivity index (χ1) is 16.0. The van der Waals surface area contributed by atoms with Crippen molar-refractivity contribution >= 4 is 14.0 Å². The fraction of sp³-hybridized carbons (Fsp3) is 0.231. The van der Waals surface area contributed by atoms with E-state index < -0.39 is 30.6 Å². The second-order valence-electron chi connectivity index (χ2n) is 8.20. The molecule has 0 aliphatic rings. The summed E-state index contributed by atoms with van der Waals surface area (Å²) in [7, 11) is -3.90. The van der Waals surface area contributed by atoms with E-state index in [1.807, 2.05) is 30.3 Å². The number of pyridine rings is 1. The van der Waals surface area contributed by atoms with E-state index in [4.69, 9.17) is 4.98 Å². The number of hydrogen-bond acceptors (Lipinski definition) is 4. The van der Waals surface area contributed by atoms with Gasteiger partial charge in [0.1, 0.15) is 11.4 Å². The largest absolute Gasteiger partial charge is 0.480 e. The molecule has 3 atom stereocenters. The fourth-order valence-electron chi connectivity index (χ4n) is 4.44. The maximum absolute atomic E-state index is 13.8. The van der Waals surface area contributed by atoms with Crippen molar-refractivity contribution in [2.45, 2.75) is 37.9 Å². The topological polar surface area (TPSA) is 108 Å². The highest BCUT2D eigenvalue weighted by Gasteiger charge is 2.58. The first-order valence-electron chi connectivity index (χ1n) is 10.7. The Kier molecular flexibility index (Phi) is 7.22. The smallest absolute Gasteiger partial charge is 0.326 e. The van der Waals surface area contributed by atoms with Crippen molar-refractivity contribution in [3.05, 3.63) is 89.9 Å². The second kappa shape index (κ2) is 9.63. The Morgan fingerprint density at radius 1 is 1.15 bits per heavy atom. The molecule has 3 unspecified atom stereocenters. The molecule has 0 saturated carbocycles. The summed E-state index contributed by atoms with van der Waals surface area (Å²) >= 11 is 0.